The first-order chi connectivity index (χ1) is 17.5. The molecule has 0 aromatic heterocycles. The molecule has 1 N–H and O–H groups in total. The Balaban J connectivity index is 1.35. The van der Waals surface area contributed by atoms with E-state index in [4.69, 9.17) is 14.2 Å². The molecule has 2 aromatic rings. The molecular weight excluding hydrogens is 464 g/mol. The minimum atomic E-state index is -1.41. The van der Waals surface area contributed by atoms with Crippen LogP contribution in [0.2, 0.25) is 0 Å². The van der Waals surface area contributed by atoms with Crippen molar-refractivity contribution in [3.05, 3.63) is 53.6 Å². The Labute approximate surface area is 208 Å². The first-order valence-corrected chi connectivity index (χ1v) is 12.1. The summed E-state index contributed by atoms with van der Waals surface area (Å²) < 4.78 is 16.1. The van der Waals surface area contributed by atoms with E-state index >= 15 is 0 Å². The maximum atomic E-state index is 14.0. The Bertz CT molecular complexity index is 1230. The van der Waals surface area contributed by atoms with Crippen LogP contribution in [0.3, 0.4) is 0 Å². The lowest BCUT2D eigenvalue weighted by atomic mass is 9.67. The Hall–Kier alpha value is -3.63. The highest BCUT2D eigenvalue weighted by atomic mass is 16.7. The number of hydrogen-bond acceptors (Lipinski definition) is 8. The molecule has 4 heterocycles. The van der Waals surface area contributed by atoms with Crippen molar-refractivity contribution < 1.29 is 28.6 Å². The van der Waals surface area contributed by atoms with Crippen molar-refractivity contribution in [2.24, 2.45) is 5.41 Å². The summed E-state index contributed by atoms with van der Waals surface area (Å²) in [6, 6.07) is 12.7. The average molecular weight is 493 g/mol. The van der Waals surface area contributed by atoms with Crippen molar-refractivity contribution in [3.63, 3.8) is 0 Å². The zero-order chi connectivity index (χ0) is 24.9. The maximum Gasteiger partial charge on any atom is 0.330 e. The number of methoxy groups -OCH3 is 1. The lowest BCUT2D eigenvalue weighted by Gasteiger charge is -2.55. The van der Waals surface area contributed by atoms with Crippen molar-refractivity contribution in [1.82, 2.24) is 15.1 Å². The zero-order valence-electron chi connectivity index (χ0n) is 20.1. The smallest absolute Gasteiger partial charge is 0.330 e. The van der Waals surface area contributed by atoms with Crippen molar-refractivity contribution in [2.45, 2.75) is 19.0 Å². The summed E-state index contributed by atoms with van der Waals surface area (Å²) in [5.41, 5.74) is 1.62. The molecule has 0 radical (unpaired) electrons. The Kier molecular flexibility index (Phi) is 5.57. The molecule has 2 saturated heterocycles. The van der Waals surface area contributed by atoms with E-state index in [1.807, 2.05) is 42.5 Å². The van der Waals surface area contributed by atoms with Gasteiger partial charge in [0.05, 0.1) is 19.2 Å². The van der Waals surface area contributed by atoms with Gasteiger partial charge in [-0.2, -0.15) is 0 Å². The molecule has 6 rings (SSSR count). The van der Waals surface area contributed by atoms with Gasteiger partial charge in [0.1, 0.15) is 0 Å². The standard InChI is InChI=1S/C26H28N4O6/c1-34-11-10-30-24(32)26(23(31)27-25(30)33)13-18-4-2-3-5-19(18)29-9-8-28(15-22(26)29)14-17-6-7-20-21(12-17)36-16-35-20/h2-7,12,22H,8-11,13-16H2,1H3,(H,27,31,33). The molecule has 10 heteroatoms. The Morgan fingerprint density at radius 3 is 2.78 bits per heavy atom. The van der Waals surface area contributed by atoms with Gasteiger partial charge in [-0.3, -0.25) is 24.7 Å². The number of para-hydroxylation sites is 1. The highest BCUT2D eigenvalue weighted by molar-refractivity contribution is 6.20. The molecule has 4 amide bonds. The van der Waals surface area contributed by atoms with E-state index in [1.165, 1.54) is 7.11 Å². The summed E-state index contributed by atoms with van der Waals surface area (Å²) in [4.78, 5) is 45.8. The molecule has 2 atom stereocenters. The summed E-state index contributed by atoms with van der Waals surface area (Å²) in [6.45, 7) is 3.06. The average Bonchev–Trinajstić information content (AvgIpc) is 3.35. The summed E-state index contributed by atoms with van der Waals surface area (Å²) in [7, 11) is 1.51. The van der Waals surface area contributed by atoms with Gasteiger partial charge in [0.15, 0.2) is 16.9 Å². The van der Waals surface area contributed by atoms with Gasteiger partial charge in [-0.1, -0.05) is 24.3 Å². The van der Waals surface area contributed by atoms with Crippen LogP contribution in [0.25, 0.3) is 0 Å². The van der Waals surface area contributed by atoms with Gasteiger partial charge in [-0.05, 0) is 35.7 Å². The third-order valence-electron chi connectivity index (χ3n) is 7.66. The maximum absolute atomic E-state index is 14.0. The summed E-state index contributed by atoms with van der Waals surface area (Å²) in [5, 5.41) is 2.48. The number of piperazine rings is 1. The number of amides is 4. The number of hydrogen-bond donors (Lipinski definition) is 1. The number of nitrogens with zero attached hydrogens (tertiary/aromatic N) is 3. The van der Waals surface area contributed by atoms with Gasteiger partial charge < -0.3 is 19.1 Å². The van der Waals surface area contributed by atoms with E-state index in [0.29, 0.717) is 19.6 Å². The molecule has 4 aliphatic rings. The molecule has 4 aliphatic heterocycles. The van der Waals surface area contributed by atoms with Gasteiger partial charge in [0.25, 0.3) is 0 Å². The first-order valence-electron chi connectivity index (χ1n) is 12.1. The SMILES string of the molecule is COCCN1C(=O)NC(=O)C2(Cc3ccccc3N3CCN(Cc4ccc5c(c4)OCO5)CC32)C1=O. The number of rotatable bonds is 5. The second kappa shape index (κ2) is 8.79. The summed E-state index contributed by atoms with van der Waals surface area (Å²) in [5.74, 6) is 0.475. The van der Waals surface area contributed by atoms with Gasteiger partial charge >= 0.3 is 6.03 Å². The van der Waals surface area contributed by atoms with Crippen LogP contribution in [0.15, 0.2) is 42.5 Å². The molecule has 1 spiro atoms. The topological polar surface area (TPSA) is 101 Å². The molecule has 0 saturated carbocycles. The fourth-order valence-electron chi connectivity index (χ4n) is 5.89. The summed E-state index contributed by atoms with van der Waals surface area (Å²) in [6.07, 6.45) is 0.240. The van der Waals surface area contributed by atoms with Crippen molar-refractivity contribution in [2.75, 3.05) is 51.6 Å². The Morgan fingerprint density at radius 2 is 1.92 bits per heavy atom. The van der Waals surface area contributed by atoms with E-state index in [0.717, 1.165) is 39.8 Å². The molecular formula is C26H28N4O6. The normalized spacial score (nSPS) is 25.1. The number of urea groups is 1. The largest absolute Gasteiger partial charge is 0.454 e. The third kappa shape index (κ3) is 3.51. The van der Waals surface area contributed by atoms with E-state index in [1.54, 1.807) is 0 Å². The molecule has 0 bridgehead atoms. The van der Waals surface area contributed by atoms with Gasteiger partial charge in [0.2, 0.25) is 18.6 Å². The minimum absolute atomic E-state index is 0.0888. The number of fused-ring (bicyclic) bond motifs is 5. The molecule has 2 unspecified atom stereocenters. The number of benzene rings is 2. The van der Waals surface area contributed by atoms with Gasteiger partial charge in [-0.15, -0.1) is 0 Å². The minimum Gasteiger partial charge on any atom is -0.454 e. The monoisotopic (exact) mass is 492 g/mol. The molecule has 188 valence electrons. The molecule has 0 aliphatic carbocycles. The van der Waals surface area contributed by atoms with Crippen LogP contribution in [0.4, 0.5) is 10.5 Å². The van der Waals surface area contributed by atoms with Crippen LogP contribution in [0, 0.1) is 5.41 Å². The number of imide groups is 2. The van der Waals surface area contributed by atoms with Crippen LogP contribution < -0.4 is 19.7 Å². The van der Waals surface area contributed by atoms with Crippen LogP contribution in [-0.2, 0) is 27.3 Å². The van der Waals surface area contributed by atoms with Crippen LogP contribution in [-0.4, -0.2) is 80.4 Å². The number of anilines is 1. The molecule has 2 aromatic carbocycles. The highest BCUT2D eigenvalue weighted by Crippen LogP contribution is 2.45. The number of nitrogens with one attached hydrogen (secondary N) is 1. The lowest BCUT2D eigenvalue weighted by molar-refractivity contribution is -0.155. The predicted molar refractivity (Wildman–Crippen MR) is 129 cm³/mol. The molecule has 10 nitrogen and oxygen atoms in total. The fourth-order valence-corrected chi connectivity index (χ4v) is 5.89. The van der Waals surface area contributed by atoms with Crippen molar-refractivity contribution in [3.8, 4) is 11.5 Å². The predicted octanol–water partition coefficient (Wildman–Crippen LogP) is 1.37. The van der Waals surface area contributed by atoms with E-state index in [-0.39, 0.29) is 26.4 Å². The number of ether oxygens (including phenoxy) is 3. The van der Waals surface area contributed by atoms with Crippen LogP contribution >= 0.6 is 0 Å². The van der Waals surface area contributed by atoms with Crippen molar-refractivity contribution in [1.29, 1.82) is 0 Å². The van der Waals surface area contributed by atoms with E-state index in [9.17, 15) is 14.4 Å². The number of carbonyl (C=O) groups excluding carboxylic acids is 3. The first kappa shape index (κ1) is 22.8. The quantitative estimate of drug-likeness (QED) is 0.625. The van der Waals surface area contributed by atoms with Crippen molar-refractivity contribution >= 4 is 23.5 Å². The zero-order valence-corrected chi connectivity index (χ0v) is 20.1. The lowest BCUT2D eigenvalue weighted by Crippen LogP contribution is -2.75. The van der Waals surface area contributed by atoms with E-state index in [2.05, 4.69) is 15.1 Å². The fraction of sp³-hybridized carbons (Fsp3) is 0.423. The second-order valence-electron chi connectivity index (χ2n) is 9.62. The third-order valence-corrected chi connectivity index (χ3v) is 7.66. The number of barbiturate groups is 1. The second-order valence-corrected chi connectivity index (χ2v) is 9.62. The molecule has 2 fully saturated rings. The highest BCUT2D eigenvalue weighted by Gasteiger charge is 2.62. The summed E-state index contributed by atoms with van der Waals surface area (Å²) >= 11 is 0. The van der Waals surface area contributed by atoms with Crippen LogP contribution in [0.1, 0.15) is 11.1 Å². The van der Waals surface area contributed by atoms with Crippen LogP contribution in [0.5, 0.6) is 11.5 Å². The van der Waals surface area contributed by atoms with E-state index < -0.39 is 29.3 Å². The van der Waals surface area contributed by atoms with Gasteiger partial charge in [0, 0.05) is 39.0 Å². The van der Waals surface area contributed by atoms with Gasteiger partial charge in [-0.25, -0.2) is 4.79 Å². The number of carbonyl (C=O) groups is 3. The molecule has 36 heavy (non-hydrogen) atoms. The Morgan fingerprint density at radius 1 is 1.08 bits per heavy atom.